The Kier molecular flexibility index (Phi) is 5.08. The summed E-state index contributed by atoms with van der Waals surface area (Å²) >= 11 is 1.61. The van der Waals surface area contributed by atoms with Crippen LogP contribution in [0.2, 0.25) is 0 Å². The second kappa shape index (κ2) is 6.10. The van der Waals surface area contributed by atoms with Crippen molar-refractivity contribution in [3.63, 3.8) is 0 Å². The first-order chi connectivity index (χ1) is 7.15. The van der Waals surface area contributed by atoms with Crippen LogP contribution in [0.5, 0.6) is 0 Å². The first kappa shape index (κ1) is 12.5. The zero-order valence-corrected chi connectivity index (χ0v) is 9.95. The van der Waals surface area contributed by atoms with Crippen LogP contribution in [-0.2, 0) is 0 Å². The molecule has 84 valence electrons. The maximum atomic E-state index is 9.29. The van der Waals surface area contributed by atoms with E-state index in [1.807, 2.05) is 12.1 Å². The van der Waals surface area contributed by atoms with E-state index in [2.05, 4.69) is 18.8 Å². The van der Waals surface area contributed by atoms with Crippen molar-refractivity contribution in [2.24, 2.45) is 11.7 Å². The quantitative estimate of drug-likeness (QED) is 0.747. The van der Waals surface area contributed by atoms with Crippen molar-refractivity contribution >= 4 is 11.8 Å². The molecule has 2 atom stereocenters. The van der Waals surface area contributed by atoms with Gasteiger partial charge in [0.1, 0.15) is 0 Å². The van der Waals surface area contributed by atoms with Gasteiger partial charge in [-0.25, -0.2) is 0 Å². The molecule has 15 heavy (non-hydrogen) atoms. The van der Waals surface area contributed by atoms with E-state index in [1.54, 1.807) is 24.2 Å². The van der Waals surface area contributed by atoms with E-state index >= 15 is 0 Å². The van der Waals surface area contributed by atoms with E-state index in [-0.39, 0.29) is 17.9 Å². The third-order valence-electron chi connectivity index (χ3n) is 2.32. The Morgan fingerprint density at radius 1 is 1.40 bits per heavy atom. The summed E-state index contributed by atoms with van der Waals surface area (Å²) in [6.45, 7) is 4.24. The van der Waals surface area contributed by atoms with Crippen LogP contribution < -0.4 is 5.73 Å². The number of hydrogen-bond donors (Lipinski definition) is 2. The van der Waals surface area contributed by atoms with Crippen molar-refractivity contribution < 1.29 is 5.11 Å². The molecular formula is C11H18N2OS. The number of hydrogen-bond acceptors (Lipinski definition) is 4. The molecule has 1 heterocycles. The van der Waals surface area contributed by atoms with Gasteiger partial charge in [-0.3, -0.25) is 4.98 Å². The van der Waals surface area contributed by atoms with Crippen molar-refractivity contribution in [2.75, 3.05) is 6.61 Å². The fraction of sp³-hybridized carbons (Fsp3) is 0.545. The molecule has 0 saturated heterocycles. The van der Waals surface area contributed by atoms with E-state index in [0.717, 1.165) is 4.90 Å². The summed E-state index contributed by atoms with van der Waals surface area (Å²) in [5, 5.41) is 9.34. The SMILES string of the molecule is CC(C)C(N)C(CO)Sc1ccncc1. The van der Waals surface area contributed by atoms with E-state index in [1.165, 1.54) is 0 Å². The average molecular weight is 226 g/mol. The number of aromatic nitrogens is 1. The zero-order valence-electron chi connectivity index (χ0n) is 9.13. The summed E-state index contributed by atoms with van der Waals surface area (Å²) in [5.74, 6) is 0.372. The Morgan fingerprint density at radius 2 is 2.00 bits per heavy atom. The fourth-order valence-electron chi connectivity index (χ4n) is 1.26. The second-order valence-corrected chi connectivity index (χ2v) is 5.16. The monoisotopic (exact) mass is 226 g/mol. The zero-order chi connectivity index (χ0) is 11.3. The van der Waals surface area contributed by atoms with E-state index in [0.29, 0.717) is 5.92 Å². The van der Waals surface area contributed by atoms with Crippen LogP contribution in [-0.4, -0.2) is 28.0 Å². The van der Waals surface area contributed by atoms with Gasteiger partial charge in [-0.05, 0) is 18.1 Å². The minimum Gasteiger partial charge on any atom is -0.395 e. The molecule has 2 unspecified atom stereocenters. The first-order valence-corrected chi connectivity index (χ1v) is 5.96. The van der Waals surface area contributed by atoms with Crippen molar-refractivity contribution in [1.29, 1.82) is 0 Å². The average Bonchev–Trinajstić information content (AvgIpc) is 2.26. The number of thioether (sulfide) groups is 1. The van der Waals surface area contributed by atoms with Gasteiger partial charge in [0.15, 0.2) is 0 Å². The highest BCUT2D eigenvalue weighted by Crippen LogP contribution is 2.26. The lowest BCUT2D eigenvalue weighted by Crippen LogP contribution is -2.39. The van der Waals surface area contributed by atoms with Gasteiger partial charge < -0.3 is 10.8 Å². The molecule has 4 heteroatoms. The van der Waals surface area contributed by atoms with Gasteiger partial charge in [-0.1, -0.05) is 13.8 Å². The summed E-state index contributed by atoms with van der Waals surface area (Å²) in [5.41, 5.74) is 6.02. The minimum atomic E-state index is 0.00756. The topological polar surface area (TPSA) is 59.1 Å². The molecule has 0 aromatic carbocycles. The van der Waals surface area contributed by atoms with Crippen molar-refractivity contribution in [3.05, 3.63) is 24.5 Å². The maximum Gasteiger partial charge on any atom is 0.0568 e. The highest BCUT2D eigenvalue weighted by molar-refractivity contribution is 8.00. The van der Waals surface area contributed by atoms with Gasteiger partial charge in [0.05, 0.1) is 6.61 Å². The van der Waals surface area contributed by atoms with Gasteiger partial charge in [0, 0.05) is 28.6 Å². The molecule has 3 nitrogen and oxygen atoms in total. The fourth-order valence-corrected chi connectivity index (χ4v) is 2.43. The summed E-state index contributed by atoms with van der Waals surface area (Å²) in [4.78, 5) is 5.05. The standard InChI is InChI=1S/C11H18N2OS/c1-8(2)11(12)10(7-14)15-9-3-5-13-6-4-9/h3-6,8,10-11,14H,7,12H2,1-2H3. The number of aliphatic hydroxyl groups excluding tert-OH is 1. The van der Waals surface area contributed by atoms with E-state index in [4.69, 9.17) is 5.73 Å². The second-order valence-electron chi connectivity index (χ2n) is 3.84. The normalized spacial score (nSPS) is 15.3. The molecule has 1 aromatic heterocycles. The smallest absolute Gasteiger partial charge is 0.0568 e. The van der Waals surface area contributed by atoms with Gasteiger partial charge >= 0.3 is 0 Å². The lowest BCUT2D eigenvalue weighted by molar-refractivity contribution is 0.269. The Balaban J connectivity index is 2.62. The number of pyridine rings is 1. The molecule has 1 rings (SSSR count). The molecule has 1 aromatic rings. The van der Waals surface area contributed by atoms with Crippen LogP contribution in [0.15, 0.2) is 29.4 Å². The predicted molar refractivity (Wildman–Crippen MR) is 63.8 cm³/mol. The molecule has 0 fully saturated rings. The van der Waals surface area contributed by atoms with Gasteiger partial charge in [-0.2, -0.15) is 0 Å². The summed E-state index contributed by atoms with van der Waals surface area (Å²) < 4.78 is 0. The summed E-state index contributed by atoms with van der Waals surface area (Å²) in [6, 6.07) is 3.87. The van der Waals surface area contributed by atoms with Crippen molar-refractivity contribution in [2.45, 2.75) is 30.0 Å². The lowest BCUT2D eigenvalue weighted by Gasteiger charge is -2.24. The van der Waals surface area contributed by atoms with Gasteiger partial charge in [0.2, 0.25) is 0 Å². The number of aliphatic hydroxyl groups is 1. The first-order valence-electron chi connectivity index (χ1n) is 5.08. The van der Waals surface area contributed by atoms with E-state index < -0.39 is 0 Å². The third-order valence-corrected chi connectivity index (χ3v) is 3.63. The van der Waals surface area contributed by atoms with Crippen molar-refractivity contribution in [3.8, 4) is 0 Å². The third kappa shape index (κ3) is 3.81. The Morgan fingerprint density at radius 3 is 2.47 bits per heavy atom. The van der Waals surface area contributed by atoms with Gasteiger partial charge in [0.25, 0.3) is 0 Å². The molecular weight excluding hydrogens is 208 g/mol. The van der Waals surface area contributed by atoms with Crippen LogP contribution in [0.1, 0.15) is 13.8 Å². The van der Waals surface area contributed by atoms with Crippen LogP contribution in [0.4, 0.5) is 0 Å². The molecule has 0 aliphatic heterocycles. The number of nitrogens with zero attached hydrogens (tertiary/aromatic N) is 1. The molecule has 0 aliphatic carbocycles. The lowest BCUT2D eigenvalue weighted by atomic mass is 10.0. The molecule has 0 radical (unpaired) electrons. The molecule has 3 N–H and O–H groups in total. The largest absolute Gasteiger partial charge is 0.395 e. The van der Waals surface area contributed by atoms with Crippen LogP contribution in [0.3, 0.4) is 0 Å². The van der Waals surface area contributed by atoms with Crippen molar-refractivity contribution in [1.82, 2.24) is 4.98 Å². The Bertz CT molecular complexity index is 279. The molecule has 0 amide bonds. The summed E-state index contributed by atoms with van der Waals surface area (Å²) in [7, 11) is 0. The Hall–Kier alpha value is -0.580. The van der Waals surface area contributed by atoms with Crippen LogP contribution >= 0.6 is 11.8 Å². The van der Waals surface area contributed by atoms with Crippen LogP contribution in [0.25, 0.3) is 0 Å². The predicted octanol–water partition coefficient (Wildman–Crippen LogP) is 1.52. The maximum absolute atomic E-state index is 9.29. The minimum absolute atomic E-state index is 0.00756. The molecule has 0 saturated carbocycles. The van der Waals surface area contributed by atoms with Crippen LogP contribution in [0, 0.1) is 5.92 Å². The Labute approximate surface area is 95.1 Å². The van der Waals surface area contributed by atoms with Gasteiger partial charge in [-0.15, -0.1) is 11.8 Å². The summed E-state index contributed by atoms with van der Waals surface area (Å²) in [6.07, 6.45) is 3.50. The molecule has 0 bridgehead atoms. The molecule has 0 spiro atoms. The highest BCUT2D eigenvalue weighted by atomic mass is 32.2. The molecule has 0 aliphatic rings. The number of rotatable bonds is 5. The number of nitrogens with two attached hydrogens (primary N) is 1. The highest BCUT2D eigenvalue weighted by Gasteiger charge is 2.20. The van der Waals surface area contributed by atoms with E-state index in [9.17, 15) is 5.11 Å².